The molecule has 5 aromatic carbocycles. The Morgan fingerprint density at radius 2 is 0.614 bits per heavy atom. The molecule has 0 spiro atoms. The predicted molar refractivity (Wildman–Crippen MR) is 492 cm³/mol. The Kier molecular flexibility index (Phi) is 36.3. The minimum atomic E-state index is -5.08. The summed E-state index contributed by atoms with van der Waals surface area (Å²) in [6.45, 7) is 21.0. The molecule has 10 heterocycles. The minimum absolute atomic E-state index is 0.0851. The van der Waals surface area contributed by atoms with E-state index in [4.69, 9.17) is 56.2 Å². The summed E-state index contributed by atoms with van der Waals surface area (Å²) in [6.07, 6.45) is 10.4. The second-order valence-electron chi connectivity index (χ2n) is 35.5. The van der Waals surface area contributed by atoms with Gasteiger partial charge in [0, 0.05) is 120 Å². The van der Waals surface area contributed by atoms with Crippen LogP contribution in [0.2, 0.25) is 0 Å². The molecule has 5 aromatic heterocycles. The number of nitrogens with zero attached hydrogens (tertiary/aromatic N) is 31. The van der Waals surface area contributed by atoms with E-state index in [1.165, 1.54) is 55.0 Å². The number of ether oxygens (including phenoxy) is 2. The number of carboxylic acids is 1. The summed E-state index contributed by atoms with van der Waals surface area (Å²) in [5.74, 6) is -2.10. The first-order valence-electron chi connectivity index (χ1n) is 44.3. The van der Waals surface area contributed by atoms with Gasteiger partial charge < -0.3 is 64.0 Å². The standard InChI is InChI=1S/2C21H26N6O3.2C17H17N7O.C16H18N6O.C2HF3O2/c2*1-21(2,3)30-20(29)26-9-8-16(13-26)12-25(4)19(28)18-23-14-27(24-18)17-7-5-6-15(10-17)11-22;2*1-22(9-14-5-6-23(10-14)11-19)17(25)16-20-12-24(21-16)15-4-2-3-13(7-15)8-18;1-21(10-13-5-6-18-9-13)16(23)15-19-11-22(20-15)14-4-2-3-12(7-14)8-17;3-2(4,5)1(6)7/h2*5-7,10,14,16H,8-9,12-13H2,1-4H3;2*2-4,7,12,14H,5-6,9-10H2,1H3;2-4,7,11,13,18H,5-6,9-10H2,1H3;(H,6,7)/t2*16-;2*14-;13-;/m11110./s1. The zero-order valence-electron chi connectivity index (χ0n) is 79.0. The van der Waals surface area contributed by atoms with Gasteiger partial charge in [-0.1, -0.05) is 30.3 Å². The Labute approximate surface area is 805 Å². The van der Waals surface area contributed by atoms with Crippen molar-refractivity contribution in [3.63, 3.8) is 0 Å². The SMILES string of the molecule is CN(C[C@H]1CCN(C#N)C1)C(=O)c1ncn(-c2cccc(C#N)c2)n1.CN(C[C@H]1CCN(C#N)C1)C(=O)c1ncn(-c2cccc(C#N)c2)n1.CN(C[C@H]1CCN(C(=O)OC(C)(C)C)C1)C(=O)c1ncn(-c2cccc(C#N)c2)n1.CN(C[C@H]1CCN(C(=O)OC(C)(C)C)C1)C(=O)c1ncn(-c2cccc(C#N)c2)n1.CN(C[C@H]1CCNC1)C(=O)c1ncn(-c2cccc(C#N)c2)n1.O=C(O)C(F)(F)F. The van der Waals surface area contributed by atoms with Crippen LogP contribution in [0.1, 0.15) is 155 Å². The maximum atomic E-state index is 12.7. The van der Waals surface area contributed by atoms with Crippen LogP contribution >= 0.6 is 0 Å². The van der Waals surface area contributed by atoms with Crippen LogP contribution in [0.4, 0.5) is 22.8 Å². The number of alkyl halides is 3. The lowest BCUT2D eigenvalue weighted by atomic mass is 10.1. The Balaban J connectivity index is 0.000000177. The number of hydrogen-bond donors (Lipinski definition) is 2. The lowest BCUT2D eigenvalue weighted by molar-refractivity contribution is -0.192. The van der Waals surface area contributed by atoms with Crippen molar-refractivity contribution in [1.82, 2.24) is 123 Å². The Hall–Kier alpha value is -17.1. The first-order chi connectivity index (χ1) is 66.6. The topological polar surface area (TPSA) is 537 Å². The molecule has 15 rings (SSSR count). The molecule has 5 fully saturated rings. The molecule has 0 aliphatic carbocycles. The molecule has 43 nitrogen and oxygen atoms in total. The van der Waals surface area contributed by atoms with Crippen LogP contribution in [0.3, 0.4) is 0 Å². The molecular weight excluding hydrogens is 1810 g/mol. The molecular formula is C94H105F3N32O11. The van der Waals surface area contributed by atoms with E-state index in [0.29, 0.717) is 134 Å². The summed E-state index contributed by atoms with van der Waals surface area (Å²) in [7, 11) is 8.62. The lowest BCUT2D eigenvalue weighted by Gasteiger charge is -2.25. The van der Waals surface area contributed by atoms with Crippen molar-refractivity contribution in [2.75, 3.05) is 133 Å². The minimum Gasteiger partial charge on any atom is -0.475 e. The number of carboxylic acid groups (broad SMARTS) is 1. The van der Waals surface area contributed by atoms with E-state index in [9.17, 15) is 46.7 Å². The van der Waals surface area contributed by atoms with E-state index in [2.05, 4.69) is 98.5 Å². The number of hydrogen-bond acceptors (Lipinski definition) is 30. The van der Waals surface area contributed by atoms with Crippen LogP contribution in [0, 0.1) is 109 Å². The molecule has 5 atom stereocenters. The number of carbonyl (C=O) groups is 8. The van der Waals surface area contributed by atoms with Crippen molar-refractivity contribution in [3.05, 3.63) is 210 Å². The summed E-state index contributed by atoms with van der Waals surface area (Å²) in [6, 6.07) is 45.1. The van der Waals surface area contributed by atoms with Crippen molar-refractivity contribution >= 4 is 47.7 Å². The summed E-state index contributed by atoms with van der Waals surface area (Å²) in [5.41, 5.74) is 4.89. The van der Waals surface area contributed by atoms with Gasteiger partial charge in [-0.2, -0.15) is 50.0 Å². The fourth-order valence-electron chi connectivity index (χ4n) is 15.2. The first kappa shape index (κ1) is 105. The van der Waals surface area contributed by atoms with Gasteiger partial charge in [0.05, 0.1) is 86.6 Å². The highest BCUT2D eigenvalue weighted by atomic mass is 19.4. The number of nitrogens with one attached hydrogen (secondary N) is 1. The third kappa shape index (κ3) is 30.5. The van der Waals surface area contributed by atoms with Crippen molar-refractivity contribution in [2.45, 2.75) is 91.0 Å². The third-order valence-corrected chi connectivity index (χ3v) is 22.1. The van der Waals surface area contributed by atoms with E-state index in [1.807, 2.05) is 47.6 Å². The van der Waals surface area contributed by atoms with Gasteiger partial charge in [0.15, 0.2) is 12.4 Å². The lowest BCUT2D eigenvalue weighted by Crippen LogP contribution is -2.37. The van der Waals surface area contributed by atoms with Crippen molar-refractivity contribution in [3.8, 4) is 71.2 Å². The Morgan fingerprint density at radius 3 is 0.821 bits per heavy atom. The van der Waals surface area contributed by atoms with Crippen LogP contribution in [0.5, 0.6) is 0 Å². The number of amides is 7. The molecule has 5 saturated heterocycles. The maximum absolute atomic E-state index is 12.7. The van der Waals surface area contributed by atoms with Gasteiger partial charge in [-0.3, -0.25) is 24.0 Å². The summed E-state index contributed by atoms with van der Waals surface area (Å²) in [5, 5.41) is 94.4. The highest BCUT2D eigenvalue weighted by molar-refractivity contribution is 5.92. The summed E-state index contributed by atoms with van der Waals surface area (Å²) >= 11 is 0. The van der Waals surface area contributed by atoms with Gasteiger partial charge in [0.1, 0.15) is 42.8 Å². The van der Waals surface area contributed by atoms with E-state index in [-0.39, 0.29) is 94.5 Å². The van der Waals surface area contributed by atoms with Crippen molar-refractivity contribution in [1.29, 1.82) is 36.8 Å². The molecule has 0 saturated carbocycles. The largest absolute Gasteiger partial charge is 0.490 e. The van der Waals surface area contributed by atoms with Gasteiger partial charge in [0.25, 0.3) is 29.5 Å². The normalized spacial score (nSPS) is 16.1. The quantitative estimate of drug-likeness (QED) is 0.0676. The van der Waals surface area contributed by atoms with Crippen LogP contribution in [-0.4, -0.2) is 322 Å². The summed E-state index contributed by atoms with van der Waals surface area (Å²) < 4.78 is 50.0. The Bertz CT molecular complexity index is 6050. The zero-order chi connectivity index (χ0) is 102. The average molecular weight is 1920 g/mol. The van der Waals surface area contributed by atoms with Gasteiger partial charge in [0.2, 0.25) is 29.1 Å². The molecule has 0 unspecified atom stereocenters. The van der Waals surface area contributed by atoms with Gasteiger partial charge in [-0.05, 0) is 207 Å². The second kappa shape index (κ2) is 48.4. The number of rotatable bonds is 20. The van der Waals surface area contributed by atoms with Crippen molar-refractivity contribution < 1.29 is 66.1 Å². The summed E-state index contributed by atoms with van der Waals surface area (Å²) in [4.78, 5) is 132. The maximum Gasteiger partial charge on any atom is 0.490 e. The fraction of sp³-hybridized carbons (Fsp3) is 0.415. The highest BCUT2D eigenvalue weighted by Crippen LogP contribution is 2.26. The van der Waals surface area contributed by atoms with Gasteiger partial charge in [-0.15, -0.1) is 25.5 Å². The van der Waals surface area contributed by atoms with Crippen LogP contribution < -0.4 is 5.32 Å². The second-order valence-corrected chi connectivity index (χ2v) is 35.5. The zero-order valence-corrected chi connectivity index (χ0v) is 79.0. The predicted octanol–water partition coefficient (Wildman–Crippen LogP) is 8.42. The van der Waals surface area contributed by atoms with E-state index >= 15 is 0 Å². The smallest absolute Gasteiger partial charge is 0.475 e. The Morgan fingerprint density at radius 1 is 0.379 bits per heavy atom. The molecule has 728 valence electrons. The van der Waals surface area contributed by atoms with Crippen LogP contribution in [0.15, 0.2) is 153 Å². The number of aromatic nitrogens is 15. The molecule has 0 bridgehead atoms. The van der Waals surface area contributed by atoms with E-state index < -0.39 is 23.3 Å². The number of benzene rings is 5. The number of likely N-dealkylation sites (tertiary alicyclic amines) is 4. The number of aliphatic carboxylic acids is 1. The molecule has 0 radical (unpaired) electrons. The molecule has 5 aliphatic heterocycles. The van der Waals surface area contributed by atoms with E-state index in [1.54, 1.807) is 195 Å². The first-order valence-corrected chi connectivity index (χ1v) is 44.3. The monoisotopic (exact) mass is 1910 g/mol. The number of halogens is 3. The molecule has 2 N–H and O–H groups in total. The van der Waals surface area contributed by atoms with Crippen molar-refractivity contribution in [2.24, 2.45) is 29.6 Å². The van der Waals surface area contributed by atoms with Gasteiger partial charge in [-0.25, -0.2) is 62.7 Å². The molecule has 7 amide bonds. The third-order valence-electron chi connectivity index (χ3n) is 22.1. The van der Waals surface area contributed by atoms with E-state index in [0.717, 1.165) is 58.3 Å². The highest BCUT2D eigenvalue weighted by Gasteiger charge is 2.39. The van der Waals surface area contributed by atoms with Crippen LogP contribution in [0.25, 0.3) is 28.4 Å². The average Bonchev–Trinajstić information content (AvgIpc) is 1.70. The number of carbonyl (C=O) groups excluding carboxylic acids is 7. The molecule has 46 heteroatoms. The molecule has 5 aliphatic rings. The molecule has 140 heavy (non-hydrogen) atoms. The van der Waals surface area contributed by atoms with Gasteiger partial charge >= 0.3 is 24.3 Å². The number of nitriles is 7. The fourth-order valence-corrected chi connectivity index (χ4v) is 15.2. The molecule has 10 aromatic rings. The van der Waals surface area contributed by atoms with Crippen LogP contribution in [-0.2, 0) is 14.3 Å².